The quantitative estimate of drug-likeness (QED) is 0.465. The number of nitrogens with one attached hydrogen (secondary N) is 2. The van der Waals surface area contributed by atoms with Crippen LogP contribution in [0.15, 0.2) is 12.1 Å². The van der Waals surface area contributed by atoms with Crippen molar-refractivity contribution in [3.63, 3.8) is 0 Å². The molecule has 2 aromatic heterocycles. The summed E-state index contributed by atoms with van der Waals surface area (Å²) in [4.78, 5) is 18.0. The molecule has 2 heterocycles. The zero-order chi connectivity index (χ0) is 12.4. The van der Waals surface area contributed by atoms with E-state index in [2.05, 4.69) is 25.5 Å². The Morgan fingerprint density at radius 1 is 1.39 bits per heavy atom. The van der Waals surface area contributed by atoms with Gasteiger partial charge >= 0.3 is 29.6 Å². The topological polar surface area (TPSA) is 107 Å². The Labute approximate surface area is 129 Å². The van der Waals surface area contributed by atoms with Gasteiger partial charge in [0.2, 0.25) is 5.28 Å². The van der Waals surface area contributed by atoms with E-state index in [4.69, 9.17) is 11.6 Å². The largest absolute Gasteiger partial charge is 1.00 e. The van der Waals surface area contributed by atoms with Crippen LogP contribution in [0, 0.1) is 6.92 Å². The first-order valence-corrected chi connectivity index (χ1v) is 4.97. The molecule has 0 saturated carbocycles. The SMILES string of the molecule is Cc1cc(Nc2cc(C(=O)[O-])nc(Cl)n2)n[nH]1.[Na+]. The molecule has 0 unspecified atom stereocenters. The fourth-order valence-corrected chi connectivity index (χ4v) is 1.38. The standard InChI is InChI=1S/C9H8ClN5O2.Na/c1-4-2-7(15-14-4)12-6-3-5(8(16)17)11-9(10)13-6;/h2-3H,1H3,(H,16,17)(H2,11,12,13,14,15);/q;+1/p-1. The van der Waals surface area contributed by atoms with Crippen molar-refractivity contribution >= 4 is 29.2 Å². The molecule has 0 aliphatic rings. The summed E-state index contributed by atoms with van der Waals surface area (Å²) in [5.41, 5.74) is 0.563. The van der Waals surface area contributed by atoms with Gasteiger partial charge in [0.15, 0.2) is 5.82 Å². The molecule has 0 radical (unpaired) electrons. The molecule has 0 aliphatic carbocycles. The van der Waals surface area contributed by atoms with Crippen molar-refractivity contribution in [2.45, 2.75) is 6.92 Å². The maximum Gasteiger partial charge on any atom is 1.00 e. The number of rotatable bonds is 3. The van der Waals surface area contributed by atoms with Crippen LogP contribution in [0.1, 0.15) is 16.2 Å². The molecule has 0 amide bonds. The monoisotopic (exact) mass is 275 g/mol. The van der Waals surface area contributed by atoms with Gasteiger partial charge in [-0.05, 0) is 18.5 Å². The van der Waals surface area contributed by atoms with Gasteiger partial charge in [0.05, 0.1) is 11.7 Å². The molecule has 2 rings (SSSR count). The Morgan fingerprint density at radius 3 is 2.67 bits per heavy atom. The summed E-state index contributed by atoms with van der Waals surface area (Å²) < 4.78 is 0. The van der Waals surface area contributed by atoms with Crippen LogP contribution in [0.2, 0.25) is 5.28 Å². The van der Waals surface area contributed by atoms with E-state index in [0.717, 1.165) is 5.69 Å². The zero-order valence-corrected chi connectivity index (χ0v) is 12.4. The van der Waals surface area contributed by atoms with Gasteiger partial charge in [-0.2, -0.15) is 5.10 Å². The van der Waals surface area contributed by atoms with Gasteiger partial charge in [0, 0.05) is 17.8 Å². The molecule has 7 nitrogen and oxygen atoms in total. The van der Waals surface area contributed by atoms with E-state index in [-0.39, 0.29) is 46.4 Å². The predicted molar refractivity (Wildman–Crippen MR) is 58.0 cm³/mol. The Hall–Kier alpha value is -1.15. The molecule has 88 valence electrons. The van der Waals surface area contributed by atoms with Crippen molar-refractivity contribution < 1.29 is 39.5 Å². The molecule has 2 aromatic rings. The number of carboxylic acids is 1. The number of carboxylic acid groups (broad SMARTS) is 1. The molecule has 0 bridgehead atoms. The maximum atomic E-state index is 10.7. The number of halogens is 1. The minimum atomic E-state index is -1.42. The smallest absolute Gasteiger partial charge is 0.543 e. The molecule has 2 N–H and O–H groups in total. The van der Waals surface area contributed by atoms with Crippen LogP contribution in [0.5, 0.6) is 0 Å². The number of hydrogen-bond acceptors (Lipinski definition) is 6. The summed E-state index contributed by atoms with van der Waals surface area (Å²) in [7, 11) is 0. The van der Waals surface area contributed by atoms with Crippen LogP contribution in [0.4, 0.5) is 11.6 Å². The van der Waals surface area contributed by atoms with Gasteiger partial charge in [-0.25, -0.2) is 9.97 Å². The zero-order valence-electron chi connectivity index (χ0n) is 9.69. The van der Waals surface area contributed by atoms with E-state index in [1.165, 1.54) is 6.07 Å². The molecular formula is C9H7ClN5NaO2. The van der Waals surface area contributed by atoms with E-state index in [9.17, 15) is 9.90 Å². The number of aromatic amines is 1. The van der Waals surface area contributed by atoms with Gasteiger partial charge in [-0.15, -0.1) is 0 Å². The van der Waals surface area contributed by atoms with Gasteiger partial charge in [-0.3, -0.25) is 5.10 Å². The number of carbonyl (C=O) groups excluding carboxylic acids is 1. The third-order valence-electron chi connectivity index (χ3n) is 1.87. The third-order valence-corrected chi connectivity index (χ3v) is 2.04. The van der Waals surface area contributed by atoms with Crippen LogP contribution in [0.25, 0.3) is 0 Å². The molecule has 0 aliphatic heterocycles. The molecule has 0 fully saturated rings. The molecule has 18 heavy (non-hydrogen) atoms. The first-order chi connectivity index (χ1) is 8.04. The van der Waals surface area contributed by atoms with Crippen molar-refractivity contribution in [3.8, 4) is 0 Å². The van der Waals surface area contributed by atoms with Crippen LogP contribution >= 0.6 is 11.6 Å². The van der Waals surface area contributed by atoms with E-state index in [1.54, 1.807) is 6.07 Å². The van der Waals surface area contributed by atoms with E-state index >= 15 is 0 Å². The van der Waals surface area contributed by atoms with Gasteiger partial charge in [0.25, 0.3) is 0 Å². The molecule has 0 spiro atoms. The normalized spacial score (nSPS) is 9.67. The number of hydrogen-bond donors (Lipinski definition) is 2. The average molecular weight is 276 g/mol. The molecule has 0 saturated heterocycles. The number of anilines is 2. The molecule has 9 heteroatoms. The average Bonchev–Trinajstić information content (AvgIpc) is 2.63. The van der Waals surface area contributed by atoms with Gasteiger partial charge < -0.3 is 15.2 Å². The minimum Gasteiger partial charge on any atom is -0.543 e. The van der Waals surface area contributed by atoms with Crippen LogP contribution in [-0.4, -0.2) is 26.1 Å². The summed E-state index contributed by atoms with van der Waals surface area (Å²) in [6, 6.07) is 2.94. The summed E-state index contributed by atoms with van der Waals surface area (Å²) in [6.45, 7) is 1.83. The van der Waals surface area contributed by atoms with E-state index < -0.39 is 5.97 Å². The summed E-state index contributed by atoms with van der Waals surface area (Å²) in [5.74, 6) is -0.687. The first-order valence-electron chi connectivity index (χ1n) is 4.59. The van der Waals surface area contributed by atoms with Crippen LogP contribution in [-0.2, 0) is 0 Å². The van der Waals surface area contributed by atoms with E-state index in [0.29, 0.717) is 5.82 Å². The maximum absolute atomic E-state index is 10.7. The number of aromatic carboxylic acids is 1. The van der Waals surface area contributed by atoms with Gasteiger partial charge in [0.1, 0.15) is 5.82 Å². The van der Waals surface area contributed by atoms with Crippen LogP contribution < -0.4 is 40.0 Å². The number of carbonyl (C=O) groups is 1. The van der Waals surface area contributed by atoms with Gasteiger partial charge in [-0.1, -0.05) is 0 Å². The Morgan fingerprint density at radius 2 is 2.11 bits per heavy atom. The van der Waals surface area contributed by atoms with Crippen molar-refractivity contribution in [1.29, 1.82) is 0 Å². The molecule has 0 aromatic carbocycles. The van der Waals surface area contributed by atoms with Crippen molar-refractivity contribution in [2.24, 2.45) is 0 Å². The van der Waals surface area contributed by atoms with Crippen molar-refractivity contribution in [3.05, 3.63) is 28.8 Å². The number of aryl methyl sites for hydroxylation is 1. The summed E-state index contributed by atoms with van der Waals surface area (Å²) in [6.07, 6.45) is 0. The first kappa shape index (κ1) is 14.9. The Bertz CT molecular complexity index is 574. The minimum absolute atomic E-state index is 0. The van der Waals surface area contributed by atoms with E-state index in [1.807, 2.05) is 6.92 Å². The molecule has 0 atom stereocenters. The number of aromatic nitrogens is 4. The second-order valence-electron chi connectivity index (χ2n) is 3.26. The number of H-pyrrole nitrogens is 1. The summed E-state index contributed by atoms with van der Waals surface area (Å²) >= 11 is 5.58. The second kappa shape index (κ2) is 6.14. The fourth-order valence-electron chi connectivity index (χ4n) is 1.20. The number of nitrogens with zero attached hydrogens (tertiary/aromatic N) is 3. The Balaban J connectivity index is 0.00000162. The fraction of sp³-hybridized carbons (Fsp3) is 0.111. The Kier molecular flexibility index (Phi) is 5.09. The van der Waals surface area contributed by atoms with Crippen LogP contribution in [0.3, 0.4) is 0 Å². The van der Waals surface area contributed by atoms with Crippen molar-refractivity contribution in [1.82, 2.24) is 20.2 Å². The predicted octanol–water partition coefficient (Wildman–Crippen LogP) is -2.73. The summed E-state index contributed by atoms with van der Waals surface area (Å²) in [5, 5.41) is 19.9. The second-order valence-corrected chi connectivity index (χ2v) is 3.59. The third kappa shape index (κ3) is 3.67. The van der Waals surface area contributed by atoms with Crippen molar-refractivity contribution in [2.75, 3.05) is 5.32 Å². The molecular weight excluding hydrogens is 269 g/mol.